The van der Waals surface area contributed by atoms with Crippen LogP contribution in [0.4, 0.5) is 11.4 Å². The zero-order valence-electron chi connectivity index (χ0n) is 15.3. The van der Waals surface area contributed by atoms with E-state index >= 15 is 0 Å². The maximum absolute atomic E-state index is 12.4. The first-order valence-corrected chi connectivity index (χ1v) is 8.88. The summed E-state index contributed by atoms with van der Waals surface area (Å²) < 4.78 is 5.71. The Morgan fingerprint density at radius 2 is 1.85 bits per heavy atom. The molecule has 0 radical (unpaired) electrons. The number of amides is 2. The molecule has 1 fully saturated rings. The second-order valence-corrected chi connectivity index (χ2v) is 6.86. The fraction of sp³-hybridized carbons (Fsp3) is 0.333. The van der Waals surface area contributed by atoms with Crippen molar-refractivity contribution in [1.29, 1.82) is 0 Å². The zero-order valence-corrected chi connectivity index (χ0v) is 15.3. The Labute approximate surface area is 153 Å². The van der Waals surface area contributed by atoms with Crippen molar-refractivity contribution in [2.24, 2.45) is 5.92 Å². The third-order valence-corrected chi connectivity index (χ3v) is 4.38. The summed E-state index contributed by atoms with van der Waals surface area (Å²) in [7, 11) is 0. The minimum absolute atomic E-state index is 0.0488. The van der Waals surface area contributed by atoms with Crippen LogP contribution in [0.3, 0.4) is 0 Å². The Balaban J connectivity index is 1.63. The maximum Gasteiger partial charge on any atom is 0.265 e. The molecule has 0 saturated heterocycles. The number of carbonyl (C=O) groups is 2. The van der Waals surface area contributed by atoms with Crippen LogP contribution in [0, 0.1) is 19.8 Å². The van der Waals surface area contributed by atoms with Crippen molar-refractivity contribution in [2.75, 3.05) is 10.6 Å². The van der Waals surface area contributed by atoms with Crippen LogP contribution in [-0.4, -0.2) is 17.9 Å². The molecule has 136 valence electrons. The molecule has 2 aromatic rings. The van der Waals surface area contributed by atoms with Crippen LogP contribution in [-0.2, 0) is 9.59 Å². The topological polar surface area (TPSA) is 67.4 Å². The van der Waals surface area contributed by atoms with E-state index in [1.807, 2.05) is 50.2 Å². The number of hydrogen-bond donors (Lipinski definition) is 2. The lowest BCUT2D eigenvalue weighted by atomic mass is 10.1. The number of rotatable bonds is 6. The van der Waals surface area contributed by atoms with Gasteiger partial charge in [-0.3, -0.25) is 9.59 Å². The van der Waals surface area contributed by atoms with Gasteiger partial charge in [-0.05, 0) is 69.0 Å². The van der Waals surface area contributed by atoms with Gasteiger partial charge >= 0.3 is 0 Å². The number of aryl methyl sites for hydroxylation is 2. The zero-order chi connectivity index (χ0) is 18.7. The third-order valence-electron chi connectivity index (χ3n) is 4.38. The van der Waals surface area contributed by atoms with Gasteiger partial charge in [-0.2, -0.15) is 0 Å². The van der Waals surface area contributed by atoms with Gasteiger partial charge in [0.1, 0.15) is 5.75 Å². The Morgan fingerprint density at radius 1 is 1.08 bits per heavy atom. The normalized spacial score (nSPS) is 14.4. The first kappa shape index (κ1) is 18.0. The largest absolute Gasteiger partial charge is 0.481 e. The molecule has 1 saturated carbocycles. The molecule has 0 aliphatic heterocycles. The minimum atomic E-state index is -0.636. The SMILES string of the molecule is Cc1cccc(OC(C)C(=O)Nc2ccc(C)c(NC(=O)C3CC3)c2)c1. The molecule has 26 heavy (non-hydrogen) atoms. The molecule has 1 aliphatic rings. The Kier molecular flexibility index (Phi) is 5.26. The van der Waals surface area contributed by atoms with Crippen molar-refractivity contribution < 1.29 is 14.3 Å². The van der Waals surface area contributed by atoms with Crippen LogP contribution < -0.4 is 15.4 Å². The van der Waals surface area contributed by atoms with E-state index in [1.54, 1.807) is 13.0 Å². The number of nitrogens with one attached hydrogen (secondary N) is 2. The molecular formula is C21H24N2O3. The molecule has 2 N–H and O–H groups in total. The average Bonchev–Trinajstić information content (AvgIpc) is 3.43. The number of benzene rings is 2. The van der Waals surface area contributed by atoms with E-state index in [-0.39, 0.29) is 17.7 Å². The summed E-state index contributed by atoms with van der Waals surface area (Å²) in [6, 6.07) is 13.1. The molecule has 1 aliphatic carbocycles. The van der Waals surface area contributed by atoms with Gasteiger partial charge in [0, 0.05) is 17.3 Å². The molecule has 0 aromatic heterocycles. The first-order chi connectivity index (χ1) is 12.4. The van der Waals surface area contributed by atoms with E-state index in [4.69, 9.17) is 4.74 Å². The van der Waals surface area contributed by atoms with Crippen LogP contribution in [0.1, 0.15) is 30.9 Å². The van der Waals surface area contributed by atoms with Gasteiger partial charge in [-0.1, -0.05) is 18.2 Å². The first-order valence-electron chi connectivity index (χ1n) is 8.88. The molecular weight excluding hydrogens is 328 g/mol. The van der Waals surface area contributed by atoms with E-state index < -0.39 is 6.10 Å². The molecule has 5 nitrogen and oxygen atoms in total. The van der Waals surface area contributed by atoms with Crippen LogP contribution in [0.2, 0.25) is 0 Å². The predicted octanol–water partition coefficient (Wildman–Crippen LogP) is 4.06. The fourth-order valence-electron chi connectivity index (χ4n) is 2.60. The molecule has 1 unspecified atom stereocenters. The van der Waals surface area contributed by atoms with E-state index in [2.05, 4.69) is 10.6 Å². The van der Waals surface area contributed by atoms with E-state index in [1.165, 1.54) is 0 Å². The third kappa shape index (κ3) is 4.63. The van der Waals surface area contributed by atoms with E-state index in [9.17, 15) is 9.59 Å². The quantitative estimate of drug-likeness (QED) is 0.824. The van der Waals surface area contributed by atoms with Gasteiger partial charge < -0.3 is 15.4 Å². The Bertz CT molecular complexity index is 828. The van der Waals surface area contributed by atoms with Gasteiger partial charge in [0.15, 0.2) is 6.10 Å². The highest BCUT2D eigenvalue weighted by atomic mass is 16.5. The lowest BCUT2D eigenvalue weighted by Gasteiger charge is -2.16. The Morgan fingerprint density at radius 3 is 2.54 bits per heavy atom. The molecule has 3 rings (SSSR count). The van der Waals surface area contributed by atoms with Gasteiger partial charge in [-0.15, -0.1) is 0 Å². The maximum atomic E-state index is 12.4. The fourth-order valence-corrected chi connectivity index (χ4v) is 2.60. The molecule has 0 bridgehead atoms. The summed E-state index contributed by atoms with van der Waals surface area (Å²) in [6.45, 7) is 5.61. The van der Waals surface area contributed by atoms with Crippen molar-refractivity contribution in [3.63, 3.8) is 0 Å². The van der Waals surface area contributed by atoms with Crippen LogP contribution in [0.25, 0.3) is 0 Å². The van der Waals surface area contributed by atoms with E-state index in [0.29, 0.717) is 11.4 Å². The second-order valence-electron chi connectivity index (χ2n) is 6.86. The van der Waals surface area contributed by atoms with Gasteiger partial charge in [0.25, 0.3) is 5.91 Å². The summed E-state index contributed by atoms with van der Waals surface area (Å²) in [5.74, 6) is 0.604. The molecule has 1 atom stereocenters. The van der Waals surface area contributed by atoms with Gasteiger partial charge in [-0.25, -0.2) is 0 Å². The summed E-state index contributed by atoms with van der Waals surface area (Å²) >= 11 is 0. The average molecular weight is 352 g/mol. The monoisotopic (exact) mass is 352 g/mol. The lowest BCUT2D eigenvalue weighted by Crippen LogP contribution is -2.30. The lowest BCUT2D eigenvalue weighted by molar-refractivity contribution is -0.122. The minimum Gasteiger partial charge on any atom is -0.481 e. The summed E-state index contributed by atoms with van der Waals surface area (Å²) in [5, 5.41) is 5.79. The highest BCUT2D eigenvalue weighted by Gasteiger charge is 2.29. The summed E-state index contributed by atoms with van der Waals surface area (Å²) in [5.41, 5.74) is 3.39. The number of anilines is 2. The van der Waals surface area contributed by atoms with Gasteiger partial charge in [0.05, 0.1) is 0 Å². The molecule has 0 spiro atoms. The van der Waals surface area contributed by atoms with Crippen LogP contribution in [0.15, 0.2) is 42.5 Å². The van der Waals surface area contributed by atoms with Crippen LogP contribution in [0.5, 0.6) is 5.75 Å². The van der Waals surface area contributed by atoms with Crippen molar-refractivity contribution >= 4 is 23.2 Å². The molecule has 2 amide bonds. The van der Waals surface area contributed by atoms with E-state index in [0.717, 1.165) is 29.7 Å². The number of carbonyl (C=O) groups excluding carboxylic acids is 2. The van der Waals surface area contributed by atoms with Crippen molar-refractivity contribution in [3.05, 3.63) is 53.6 Å². The highest BCUT2D eigenvalue weighted by molar-refractivity contribution is 5.97. The number of hydrogen-bond acceptors (Lipinski definition) is 3. The van der Waals surface area contributed by atoms with Crippen molar-refractivity contribution in [1.82, 2.24) is 0 Å². The standard InChI is InChI=1S/C21H24N2O3/c1-13-5-4-6-18(11-13)26-15(3)20(24)22-17-10-7-14(2)19(12-17)23-21(25)16-8-9-16/h4-7,10-12,15-16H,8-9H2,1-3H3,(H,22,24)(H,23,25). The molecule has 2 aromatic carbocycles. The molecule has 0 heterocycles. The summed E-state index contributed by atoms with van der Waals surface area (Å²) in [6.07, 6.45) is 1.27. The van der Waals surface area contributed by atoms with Crippen molar-refractivity contribution in [3.8, 4) is 5.75 Å². The predicted molar refractivity (Wildman–Crippen MR) is 102 cm³/mol. The summed E-state index contributed by atoms with van der Waals surface area (Å²) in [4.78, 5) is 24.4. The van der Waals surface area contributed by atoms with Crippen molar-refractivity contribution in [2.45, 2.75) is 39.7 Å². The smallest absolute Gasteiger partial charge is 0.265 e. The van der Waals surface area contributed by atoms with Gasteiger partial charge in [0.2, 0.25) is 5.91 Å². The number of ether oxygens (including phenoxy) is 1. The highest BCUT2D eigenvalue weighted by Crippen LogP contribution is 2.31. The second kappa shape index (κ2) is 7.60. The van der Waals surface area contributed by atoms with Crippen LogP contribution >= 0.6 is 0 Å². The Hall–Kier alpha value is -2.82. The molecule has 5 heteroatoms.